The number of aliphatic hydroxyl groups is 1. The topological polar surface area (TPSA) is 43.8 Å². The molecule has 2 aliphatic rings. The minimum atomic E-state index is -0.414. The van der Waals surface area contributed by atoms with Crippen molar-refractivity contribution in [1.82, 2.24) is 9.80 Å². The van der Waals surface area contributed by atoms with Gasteiger partial charge in [-0.3, -0.25) is 9.69 Å². The van der Waals surface area contributed by atoms with Crippen LogP contribution in [-0.2, 0) is 0 Å². The van der Waals surface area contributed by atoms with Gasteiger partial charge in [-0.25, -0.2) is 8.78 Å². The molecule has 1 N–H and O–H groups in total. The highest BCUT2D eigenvalue weighted by Gasteiger charge is 2.49. The molecular formula is C28H28F2N2O2. The summed E-state index contributed by atoms with van der Waals surface area (Å²) in [6.07, 6.45) is 1.82. The second-order valence-corrected chi connectivity index (χ2v) is 9.18. The minimum absolute atomic E-state index is 0.00546. The van der Waals surface area contributed by atoms with Crippen molar-refractivity contribution in [3.8, 4) is 11.1 Å². The third kappa shape index (κ3) is 4.36. The first-order valence-corrected chi connectivity index (χ1v) is 11.8. The van der Waals surface area contributed by atoms with Crippen LogP contribution in [-0.4, -0.2) is 59.1 Å². The molecule has 3 atom stereocenters. The summed E-state index contributed by atoms with van der Waals surface area (Å²) in [7, 11) is 0. The van der Waals surface area contributed by atoms with Gasteiger partial charge in [0.1, 0.15) is 11.6 Å². The molecule has 176 valence electrons. The average Bonchev–Trinajstić information content (AvgIpc) is 2.83. The van der Waals surface area contributed by atoms with Crippen molar-refractivity contribution in [2.45, 2.75) is 30.8 Å². The summed E-state index contributed by atoms with van der Waals surface area (Å²) in [5.41, 5.74) is 3.43. The molecule has 2 aliphatic heterocycles. The number of fused-ring (bicyclic) bond motifs is 1. The number of hydrogen-bond acceptors (Lipinski definition) is 3. The van der Waals surface area contributed by atoms with E-state index in [1.165, 1.54) is 24.3 Å². The maximum Gasteiger partial charge on any atom is 0.254 e. The van der Waals surface area contributed by atoms with Gasteiger partial charge in [-0.2, -0.15) is 0 Å². The third-order valence-electron chi connectivity index (χ3n) is 7.20. The fraction of sp³-hybridized carbons (Fsp3) is 0.321. The predicted molar refractivity (Wildman–Crippen MR) is 127 cm³/mol. The summed E-state index contributed by atoms with van der Waals surface area (Å²) < 4.78 is 27.0. The maximum atomic E-state index is 13.7. The monoisotopic (exact) mass is 462 g/mol. The van der Waals surface area contributed by atoms with E-state index in [1.54, 1.807) is 24.3 Å². The molecule has 6 heteroatoms. The van der Waals surface area contributed by atoms with Crippen molar-refractivity contribution in [3.05, 3.63) is 95.6 Å². The number of nitrogens with zero attached hydrogens (tertiary/aromatic N) is 2. The fourth-order valence-corrected chi connectivity index (χ4v) is 5.47. The Hall–Kier alpha value is -3.09. The molecule has 0 saturated carbocycles. The molecule has 2 saturated heterocycles. The van der Waals surface area contributed by atoms with Crippen LogP contribution in [0.15, 0.2) is 72.8 Å². The number of amides is 1. The Morgan fingerprint density at radius 3 is 2.24 bits per heavy atom. The second-order valence-electron chi connectivity index (χ2n) is 9.18. The molecule has 0 aromatic heterocycles. The van der Waals surface area contributed by atoms with Gasteiger partial charge in [-0.1, -0.05) is 42.5 Å². The third-order valence-corrected chi connectivity index (χ3v) is 7.20. The molecular weight excluding hydrogens is 434 g/mol. The first-order valence-electron chi connectivity index (χ1n) is 11.8. The van der Waals surface area contributed by atoms with Gasteiger partial charge in [0, 0.05) is 36.7 Å². The summed E-state index contributed by atoms with van der Waals surface area (Å²) in [5, 5.41) is 10.2. The summed E-state index contributed by atoms with van der Waals surface area (Å²) in [6.45, 7) is 2.12. The lowest BCUT2D eigenvalue weighted by Crippen LogP contribution is -2.67. The van der Waals surface area contributed by atoms with Gasteiger partial charge < -0.3 is 10.0 Å². The molecule has 0 aliphatic carbocycles. The Balaban J connectivity index is 1.39. The zero-order valence-corrected chi connectivity index (χ0v) is 18.9. The van der Waals surface area contributed by atoms with Crippen LogP contribution in [0.2, 0.25) is 0 Å². The number of carbonyl (C=O) groups is 1. The van der Waals surface area contributed by atoms with E-state index < -0.39 is 5.82 Å². The number of rotatable bonds is 4. The SMILES string of the molecule is O=C(c1cccc(F)c1)N1CCCCN2[C@H](C1)[C@H](c1ccc(-c3ccc(F)cc3)cc1)[C@@H]2CO. The van der Waals surface area contributed by atoms with E-state index >= 15 is 0 Å². The van der Waals surface area contributed by atoms with Crippen LogP contribution in [0.3, 0.4) is 0 Å². The number of halogens is 2. The van der Waals surface area contributed by atoms with E-state index in [0.717, 1.165) is 36.1 Å². The molecule has 0 radical (unpaired) electrons. The highest BCUT2D eigenvalue weighted by atomic mass is 19.1. The van der Waals surface area contributed by atoms with E-state index in [2.05, 4.69) is 17.0 Å². The summed E-state index contributed by atoms with van der Waals surface area (Å²) in [4.78, 5) is 17.3. The summed E-state index contributed by atoms with van der Waals surface area (Å²) >= 11 is 0. The van der Waals surface area contributed by atoms with Gasteiger partial charge in [0.25, 0.3) is 5.91 Å². The van der Waals surface area contributed by atoms with Crippen LogP contribution < -0.4 is 0 Å². The van der Waals surface area contributed by atoms with Gasteiger partial charge in [0.05, 0.1) is 6.61 Å². The van der Waals surface area contributed by atoms with Crippen LogP contribution in [0, 0.1) is 11.6 Å². The largest absolute Gasteiger partial charge is 0.395 e. The molecule has 5 rings (SSSR count). The van der Waals surface area contributed by atoms with E-state index in [0.29, 0.717) is 18.7 Å². The molecule has 0 unspecified atom stereocenters. The number of aliphatic hydroxyl groups excluding tert-OH is 1. The molecule has 0 bridgehead atoms. The molecule has 0 spiro atoms. The lowest BCUT2D eigenvalue weighted by molar-refractivity contribution is -0.0606. The Kier molecular flexibility index (Phi) is 6.44. The highest BCUT2D eigenvalue weighted by Crippen LogP contribution is 2.42. The van der Waals surface area contributed by atoms with Gasteiger partial charge in [0.2, 0.25) is 0 Å². The van der Waals surface area contributed by atoms with E-state index in [9.17, 15) is 18.7 Å². The lowest BCUT2D eigenvalue weighted by Gasteiger charge is -2.57. The smallest absolute Gasteiger partial charge is 0.254 e. The molecule has 34 heavy (non-hydrogen) atoms. The average molecular weight is 463 g/mol. The highest BCUT2D eigenvalue weighted by molar-refractivity contribution is 5.94. The number of carbonyl (C=O) groups excluding carboxylic acids is 1. The molecule has 4 nitrogen and oxygen atoms in total. The standard InChI is InChI=1S/C28H28F2N2O2/c29-23-12-10-20(11-13-23)19-6-8-21(9-7-19)27-25-17-31(14-1-2-15-32(25)26(27)18-33)28(34)22-4-3-5-24(30)16-22/h3-13,16,25-27,33H,1-2,14-15,17-18H2/t25-,26+,27+/m1/s1. The summed E-state index contributed by atoms with van der Waals surface area (Å²) in [5.74, 6) is -0.739. The van der Waals surface area contributed by atoms with E-state index in [-0.39, 0.29) is 36.3 Å². The minimum Gasteiger partial charge on any atom is -0.395 e. The molecule has 2 fully saturated rings. The van der Waals surface area contributed by atoms with Gasteiger partial charge >= 0.3 is 0 Å². The summed E-state index contributed by atoms with van der Waals surface area (Å²) in [6, 6.07) is 20.6. The van der Waals surface area contributed by atoms with Crippen molar-refractivity contribution in [2.75, 3.05) is 26.2 Å². The van der Waals surface area contributed by atoms with Crippen molar-refractivity contribution in [1.29, 1.82) is 0 Å². The van der Waals surface area contributed by atoms with Crippen molar-refractivity contribution in [3.63, 3.8) is 0 Å². The number of benzene rings is 3. The normalized spacial score (nSPS) is 22.9. The Morgan fingerprint density at radius 1 is 0.882 bits per heavy atom. The zero-order valence-electron chi connectivity index (χ0n) is 18.9. The lowest BCUT2D eigenvalue weighted by atomic mass is 9.74. The Bertz CT molecular complexity index is 1150. The van der Waals surface area contributed by atoms with Crippen LogP contribution >= 0.6 is 0 Å². The van der Waals surface area contributed by atoms with E-state index in [1.807, 2.05) is 17.0 Å². The zero-order chi connectivity index (χ0) is 23.7. The first-order chi connectivity index (χ1) is 16.5. The van der Waals surface area contributed by atoms with Gasteiger partial charge in [-0.05, 0) is 66.4 Å². The molecule has 3 aromatic rings. The van der Waals surface area contributed by atoms with Crippen LogP contribution in [0.1, 0.15) is 34.7 Å². The van der Waals surface area contributed by atoms with Gasteiger partial charge in [0.15, 0.2) is 0 Å². The van der Waals surface area contributed by atoms with Crippen molar-refractivity contribution >= 4 is 5.91 Å². The molecule has 1 amide bonds. The molecule has 3 aromatic carbocycles. The number of hydrogen-bond donors (Lipinski definition) is 1. The van der Waals surface area contributed by atoms with Crippen molar-refractivity contribution in [2.24, 2.45) is 0 Å². The Morgan fingerprint density at radius 2 is 1.56 bits per heavy atom. The Labute approximate surface area is 198 Å². The first kappa shape index (κ1) is 22.7. The predicted octanol–water partition coefficient (Wildman–Crippen LogP) is 4.70. The van der Waals surface area contributed by atoms with Crippen LogP contribution in [0.4, 0.5) is 8.78 Å². The second kappa shape index (κ2) is 9.65. The molecule has 2 heterocycles. The fourth-order valence-electron chi connectivity index (χ4n) is 5.47. The van der Waals surface area contributed by atoms with Crippen LogP contribution in [0.5, 0.6) is 0 Å². The maximum absolute atomic E-state index is 13.7. The van der Waals surface area contributed by atoms with Crippen LogP contribution in [0.25, 0.3) is 11.1 Å². The quantitative estimate of drug-likeness (QED) is 0.612. The van der Waals surface area contributed by atoms with Gasteiger partial charge in [-0.15, -0.1) is 0 Å². The van der Waals surface area contributed by atoms with E-state index in [4.69, 9.17) is 0 Å². The van der Waals surface area contributed by atoms with Crippen molar-refractivity contribution < 1.29 is 18.7 Å².